The molecule has 140 valence electrons. The lowest BCUT2D eigenvalue weighted by molar-refractivity contribution is 0.279. The van der Waals surface area contributed by atoms with Gasteiger partial charge in [0.2, 0.25) is 0 Å². The number of likely N-dealkylation sites (tertiary alicyclic amines) is 1. The summed E-state index contributed by atoms with van der Waals surface area (Å²) in [5.74, 6) is 1.60. The molecule has 1 atom stereocenters. The van der Waals surface area contributed by atoms with Crippen LogP contribution in [-0.4, -0.2) is 96.9 Å². The normalized spacial score (nSPS) is 23.9. The van der Waals surface area contributed by atoms with Crippen LogP contribution in [0.15, 0.2) is 17.4 Å². The molecule has 0 amide bonds. The minimum atomic E-state index is 0.563. The van der Waals surface area contributed by atoms with Crippen LogP contribution in [0.5, 0.6) is 0 Å². The number of aryl methyl sites for hydroxylation is 1. The number of guanidine groups is 1. The highest BCUT2D eigenvalue weighted by atomic mass is 15.3. The zero-order chi connectivity index (χ0) is 17.6. The molecule has 0 saturated carbocycles. The van der Waals surface area contributed by atoms with Gasteiger partial charge in [-0.2, -0.15) is 5.10 Å². The molecule has 0 aromatic carbocycles. The zero-order valence-corrected chi connectivity index (χ0v) is 16.0. The van der Waals surface area contributed by atoms with Crippen molar-refractivity contribution in [3.05, 3.63) is 18.0 Å². The molecular weight excluding hydrogens is 314 g/mol. The van der Waals surface area contributed by atoms with E-state index in [4.69, 9.17) is 0 Å². The summed E-state index contributed by atoms with van der Waals surface area (Å²) in [5, 5.41) is 7.88. The summed E-state index contributed by atoms with van der Waals surface area (Å²) >= 11 is 0. The highest BCUT2D eigenvalue weighted by molar-refractivity contribution is 5.80. The Bertz CT molecular complexity index is 568. The van der Waals surface area contributed by atoms with Gasteiger partial charge in [0.05, 0.1) is 6.20 Å². The Hall–Kier alpha value is -1.60. The molecule has 0 bridgehead atoms. The van der Waals surface area contributed by atoms with Gasteiger partial charge in [0.25, 0.3) is 0 Å². The van der Waals surface area contributed by atoms with Crippen molar-refractivity contribution in [1.29, 1.82) is 0 Å². The van der Waals surface area contributed by atoms with Gasteiger partial charge in [-0.15, -0.1) is 0 Å². The maximum atomic E-state index is 4.50. The van der Waals surface area contributed by atoms with Crippen LogP contribution >= 0.6 is 0 Å². The van der Waals surface area contributed by atoms with Crippen molar-refractivity contribution in [2.24, 2.45) is 12.0 Å². The molecule has 0 radical (unpaired) electrons. The molecule has 3 heterocycles. The molecule has 3 rings (SSSR count). The van der Waals surface area contributed by atoms with Gasteiger partial charge in [0.1, 0.15) is 0 Å². The number of aliphatic imine (C=N–C) groups is 1. The molecule has 7 nitrogen and oxygen atoms in total. The Morgan fingerprint density at radius 2 is 2.12 bits per heavy atom. The van der Waals surface area contributed by atoms with E-state index in [9.17, 15) is 0 Å². The number of hydrogen-bond donors (Lipinski definition) is 1. The number of nitrogens with one attached hydrogen (secondary N) is 1. The lowest BCUT2D eigenvalue weighted by Crippen LogP contribution is -2.43. The van der Waals surface area contributed by atoms with Crippen molar-refractivity contribution in [2.75, 3.05) is 66.5 Å². The SMILES string of the molecule is CN=C(NCCN1CCCN(C)CC1)N1CCC(c2cnn(C)c2)C1. The van der Waals surface area contributed by atoms with E-state index in [2.05, 4.69) is 43.4 Å². The maximum Gasteiger partial charge on any atom is 0.193 e. The van der Waals surface area contributed by atoms with Crippen LogP contribution in [0.1, 0.15) is 24.3 Å². The predicted molar refractivity (Wildman–Crippen MR) is 102 cm³/mol. The lowest BCUT2D eigenvalue weighted by atomic mass is 10.0. The fourth-order valence-corrected chi connectivity index (χ4v) is 3.86. The Labute approximate surface area is 151 Å². The largest absolute Gasteiger partial charge is 0.355 e. The second-order valence-corrected chi connectivity index (χ2v) is 7.35. The van der Waals surface area contributed by atoms with Crippen molar-refractivity contribution < 1.29 is 0 Å². The van der Waals surface area contributed by atoms with Crippen LogP contribution in [-0.2, 0) is 7.05 Å². The van der Waals surface area contributed by atoms with Crippen LogP contribution in [0.2, 0.25) is 0 Å². The molecule has 1 N–H and O–H groups in total. The monoisotopic (exact) mass is 347 g/mol. The molecule has 1 unspecified atom stereocenters. The van der Waals surface area contributed by atoms with Crippen molar-refractivity contribution in [3.63, 3.8) is 0 Å². The molecule has 0 spiro atoms. The van der Waals surface area contributed by atoms with Crippen LogP contribution in [0.3, 0.4) is 0 Å². The topological polar surface area (TPSA) is 51.9 Å². The first-order valence-corrected chi connectivity index (χ1v) is 9.50. The van der Waals surface area contributed by atoms with Gasteiger partial charge < -0.3 is 20.0 Å². The van der Waals surface area contributed by atoms with Crippen LogP contribution in [0, 0.1) is 0 Å². The van der Waals surface area contributed by atoms with Crippen LogP contribution < -0.4 is 5.32 Å². The van der Waals surface area contributed by atoms with Gasteiger partial charge in [0.15, 0.2) is 5.96 Å². The molecule has 7 heteroatoms. The number of rotatable bonds is 4. The number of likely N-dealkylation sites (N-methyl/N-ethyl adjacent to an activating group) is 1. The highest BCUT2D eigenvalue weighted by Crippen LogP contribution is 2.26. The van der Waals surface area contributed by atoms with E-state index in [1.54, 1.807) is 0 Å². The van der Waals surface area contributed by atoms with Crippen molar-refractivity contribution in [3.8, 4) is 0 Å². The van der Waals surface area contributed by atoms with E-state index >= 15 is 0 Å². The van der Waals surface area contributed by atoms with Crippen molar-refractivity contribution in [2.45, 2.75) is 18.8 Å². The average Bonchev–Trinajstić information content (AvgIpc) is 3.20. The average molecular weight is 348 g/mol. The van der Waals surface area contributed by atoms with Gasteiger partial charge in [-0.05, 0) is 38.5 Å². The van der Waals surface area contributed by atoms with Crippen LogP contribution in [0.25, 0.3) is 0 Å². The Morgan fingerprint density at radius 1 is 1.24 bits per heavy atom. The third kappa shape index (κ3) is 4.95. The maximum absolute atomic E-state index is 4.50. The Morgan fingerprint density at radius 3 is 2.88 bits per heavy atom. The van der Waals surface area contributed by atoms with Gasteiger partial charge in [-0.1, -0.05) is 0 Å². The molecule has 2 saturated heterocycles. The number of hydrogen-bond acceptors (Lipinski definition) is 4. The molecule has 0 aliphatic carbocycles. The van der Waals surface area contributed by atoms with Gasteiger partial charge in [0, 0.05) is 65.5 Å². The smallest absolute Gasteiger partial charge is 0.193 e. The summed E-state index contributed by atoms with van der Waals surface area (Å²) in [5.41, 5.74) is 1.34. The van der Waals surface area contributed by atoms with Gasteiger partial charge in [-0.25, -0.2) is 0 Å². The highest BCUT2D eigenvalue weighted by Gasteiger charge is 2.26. The second-order valence-electron chi connectivity index (χ2n) is 7.35. The molecule has 2 aliphatic rings. The number of aromatic nitrogens is 2. The van der Waals surface area contributed by atoms with Crippen molar-refractivity contribution >= 4 is 5.96 Å². The summed E-state index contributed by atoms with van der Waals surface area (Å²) in [7, 11) is 6.09. The van der Waals surface area contributed by atoms with E-state index in [0.717, 1.165) is 32.1 Å². The molecule has 2 fully saturated rings. The zero-order valence-electron chi connectivity index (χ0n) is 16.0. The van der Waals surface area contributed by atoms with Gasteiger partial charge >= 0.3 is 0 Å². The third-order valence-corrected chi connectivity index (χ3v) is 5.42. The van der Waals surface area contributed by atoms with E-state index in [0.29, 0.717) is 5.92 Å². The van der Waals surface area contributed by atoms with Crippen LogP contribution in [0.4, 0.5) is 0 Å². The van der Waals surface area contributed by atoms with E-state index in [1.807, 2.05) is 25.0 Å². The minimum Gasteiger partial charge on any atom is -0.355 e. The van der Waals surface area contributed by atoms with E-state index < -0.39 is 0 Å². The van der Waals surface area contributed by atoms with Crippen molar-refractivity contribution in [1.82, 2.24) is 29.8 Å². The summed E-state index contributed by atoms with van der Waals surface area (Å²) in [4.78, 5) is 11.9. The van der Waals surface area contributed by atoms with Gasteiger partial charge in [-0.3, -0.25) is 9.67 Å². The molecule has 2 aliphatic heterocycles. The molecule has 1 aromatic heterocycles. The third-order valence-electron chi connectivity index (χ3n) is 5.42. The molecular formula is C18H33N7. The summed E-state index contributed by atoms with van der Waals surface area (Å²) in [6, 6.07) is 0. The van der Waals surface area contributed by atoms with E-state index in [-0.39, 0.29) is 0 Å². The Balaban J connectivity index is 1.44. The fourth-order valence-electron chi connectivity index (χ4n) is 3.86. The standard InChI is InChI=1S/C18H33N7/c1-19-18(20-6-10-24-8-4-7-22(2)11-12-24)25-9-5-16(15-25)17-13-21-23(3)14-17/h13-14,16H,4-12,15H2,1-3H3,(H,19,20). The first-order valence-electron chi connectivity index (χ1n) is 9.50. The summed E-state index contributed by atoms with van der Waals surface area (Å²) in [6.45, 7) is 8.91. The molecule has 25 heavy (non-hydrogen) atoms. The first kappa shape index (κ1) is 18.2. The summed E-state index contributed by atoms with van der Waals surface area (Å²) < 4.78 is 1.89. The predicted octanol–water partition coefficient (Wildman–Crippen LogP) is 0.422. The minimum absolute atomic E-state index is 0.563. The second kappa shape index (κ2) is 8.67. The number of nitrogens with zero attached hydrogens (tertiary/aromatic N) is 6. The summed E-state index contributed by atoms with van der Waals surface area (Å²) in [6.07, 6.45) is 6.58. The Kier molecular flexibility index (Phi) is 6.31. The molecule has 1 aromatic rings. The first-order chi connectivity index (χ1) is 12.2. The fraction of sp³-hybridized carbons (Fsp3) is 0.778. The quantitative estimate of drug-likeness (QED) is 0.632. The van der Waals surface area contributed by atoms with E-state index in [1.165, 1.54) is 44.6 Å². The lowest BCUT2D eigenvalue weighted by Gasteiger charge is -2.24.